The van der Waals surface area contributed by atoms with Gasteiger partial charge in [0, 0.05) is 32.2 Å². The molecule has 24 heteroatoms. The number of likely N-dealkylation sites (tertiary alicyclic amines) is 1. The Bertz CT molecular complexity index is 2230. The number of hydrogen-bond acceptors (Lipinski definition) is 13. The fourth-order valence-electron chi connectivity index (χ4n) is 7.63. The Morgan fingerprint density at radius 1 is 0.569 bits per heavy atom. The average molecular weight is 1010 g/mol. The normalized spacial score (nSPS) is 16.5. The largest absolute Gasteiger partial charge is 0.481 e. The smallest absolute Gasteiger partial charge is 0.326 e. The molecule has 1 aliphatic heterocycles. The summed E-state index contributed by atoms with van der Waals surface area (Å²) in [7, 11) is 0. The van der Waals surface area contributed by atoms with E-state index in [-0.39, 0.29) is 38.1 Å². The van der Waals surface area contributed by atoms with Crippen molar-refractivity contribution in [3.63, 3.8) is 0 Å². The van der Waals surface area contributed by atoms with Crippen LogP contribution < -0.4 is 43.0 Å². The number of nitrogens with zero attached hydrogens (tertiary/aromatic N) is 1. The molecule has 0 aliphatic carbocycles. The Hall–Kier alpha value is -7.47. The number of aliphatic hydroxyl groups excluding tert-OH is 1. The maximum Gasteiger partial charge on any atom is 0.326 e. The molecule has 0 radical (unpaired) electrons. The van der Waals surface area contributed by atoms with E-state index in [4.69, 9.17) is 10.8 Å². The molecule has 1 aliphatic rings. The molecule has 0 aromatic heterocycles. The van der Waals surface area contributed by atoms with E-state index < -0.39 is 152 Å². The van der Waals surface area contributed by atoms with Crippen LogP contribution in [0.4, 0.5) is 0 Å². The third-order valence-corrected chi connectivity index (χ3v) is 11.6. The van der Waals surface area contributed by atoms with Crippen molar-refractivity contribution in [1.29, 1.82) is 0 Å². The Kier molecular flexibility index (Phi) is 23.7. The number of carboxylic acids is 3. The molecule has 0 spiro atoms. The number of carbonyl (C=O) groups is 11. The van der Waals surface area contributed by atoms with E-state index in [1.54, 1.807) is 74.5 Å². The minimum atomic E-state index is -1.52. The summed E-state index contributed by atoms with van der Waals surface area (Å²) >= 11 is 0. The van der Waals surface area contributed by atoms with E-state index in [9.17, 15) is 68.1 Å². The van der Waals surface area contributed by atoms with Crippen molar-refractivity contribution >= 4 is 65.2 Å². The topological polar surface area (TPSA) is 382 Å². The monoisotopic (exact) mass is 1010 g/mol. The van der Waals surface area contributed by atoms with Gasteiger partial charge in [-0.1, -0.05) is 74.5 Å². The van der Waals surface area contributed by atoms with Gasteiger partial charge in [0.15, 0.2) is 0 Å². The Balaban J connectivity index is 1.81. The van der Waals surface area contributed by atoms with Gasteiger partial charge >= 0.3 is 17.9 Å². The molecule has 1 heterocycles. The summed E-state index contributed by atoms with van der Waals surface area (Å²) in [5, 5.41) is 55.0. The van der Waals surface area contributed by atoms with E-state index in [0.29, 0.717) is 17.5 Å². The van der Waals surface area contributed by atoms with Gasteiger partial charge in [-0.15, -0.1) is 0 Å². The first-order valence-corrected chi connectivity index (χ1v) is 23.5. The maximum absolute atomic E-state index is 14.5. The van der Waals surface area contributed by atoms with Gasteiger partial charge in [-0.3, -0.25) is 47.9 Å². The van der Waals surface area contributed by atoms with Crippen molar-refractivity contribution in [2.75, 3.05) is 13.2 Å². The molecule has 72 heavy (non-hydrogen) atoms. The second kappa shape index (κ2) is 29.0. The van der Waals surface area contributed by atoms with Crippen LogP contribution in [0.3, 0.4) is 0 Å². The molecule has 2 aromatic carbocycles. The predicted molar refractivity (Wildman–Crippen MR) is 256 cm³/mol. The van der Waals surface area contributed by atoms with Crippen molar-refractivity contribution < 1.29 is 73.2 Å². The highest BCUT2D eigenvalue weighted by Crippen LogP contribution is 2.21. The molecule has 0 bridgehead atoms. The zero-order valence-electron chi connectivity index (χ0n) is 40.6. The number of nitrogens with one attached hydrogen (secondary N) is 7. The van der Waals surface area contributed by atoms with Crippen molar-refractivity contribution in [3.8, 4) is 0 Å². The number of amides is 8. The van der Waals surface area contributed by atoms with Gasteiger partial charge in [0.25, 0.3) is 0 Å². The number of nitrogens with two attached hydrogens (primary N) is 1. The number of rotatable bonds is 29. The molecule has 2 aromatic rings. The van der Waals surface area contributed by atoms with Gasteiger partial charge in [0.1, 0.15) is 54.4 Å². The first-order valence-electron chi connectivity index (χ1n) is 23.5. The van der Waals surface area contributed by atoms with E-state index >= 15 is 0 Å². The zero-order chi connectivity index (χ0) is 53.7. The van der Waals surface area contributed by atoms with Crippen LogP contribution in [-0.2, 0) is 65.6 Å². The van der Waals surface area contributed by atoms with E-state index in [2.05, 4.69) is 37.2 Å². The van der Waals surface area contributed by atoms with Crippen LogP contribution in [0, 0.1) is 5.92 Å². The molecule has 0 saturated carbocycles. The van der Waals surface area contributed by atoms with E-state index in [1.807, 2.05) is 0 Å². The average Bonchev–Trinajstić information content (AvgIpc) is 3.83. The van der Waals surface area contributed by atoms with Crippen LogP contribution >= 0.6 is 0 Å². The summed E-state index contributed by atoms with van der Waals surface area (Å²) in [4.78, 5) is 145. The van der Waals surface area contributed by atoms with Gasteiger partial charge in [-0.2, -0.15) is 0 Å². The molecule has 9 unspecified atom stereocenters. The molecule has 394 valence electrons. The van der Waals surface area contributed by atoms with Crippen LogP contribution in [0.25, 0.3) is 0 Å². The van der Waals surface area contributed by atoms with Gasteiger partial charge in [0.2, 0.25) is 47.3 Å². The molecular formula is C48H67N9O15. The summed E-state index contributed by atoms with van der Waals surface area (Å²) in [5.74, 6) is -11.1. The van der Waals surface area contributed by atoms with Crippen molar-refractivity contribution in [2.45, 2.75) is 140 Å². The lowest BCUT2D eigenvalue weighted by molar-refractivity contribution is -0.143. The molecule has 1 saturated heterocycles. The SMILES string of the molecule is CC(C)CC(NC(=O)C1CCCN1C(=O)C(Cc1ccccc1)NC(=O)C(C)NC(=O)C(CCC(=O)O)NC(=O)C(C)NC(=O)C(N)CO)C(=O)NC(CCC(=O)O)C(=O)NC(Cc1ccccc1)C(=O)O. The highest BCUT2D eigenvalue weighted by molar-refractivity contribution is 5.98. The van der Waals surface area contributed by atoms with Crippen LogP contribution in [0.1, 0.15) is 83.8 Å². The lowest BCUT2D eigenvalue weighted by Gasteiger charge is -2.31. The molecule has 3 rings (SSSR count). The van der Waals surface area contributed by atoms with Crippen molar-refractivity contribution in [2.24, 2.45) is 11.7 Å². The Morgan fingerprint density at radius 2 is 1.00 bits per heavy atom. The van der Waals surface area contributed by atoms with Crippen LogP contribution in [-0.4, -0.2) is 158 Å². The lowest BCUT2D eigenvalue weighted by atomic mass is 10.0. The number of hydrogen-bond donors (Lipinski definition) is 12. The minimum Gasteiger partial charge on any atom is -0.481 e. The number of carboxylic acid groups (broad SMARTS) is 3. The maximum atomic E-state index is 14.5. The third kappa shape index (κ3) is 19.4. The van der Waals surface area contributed by atoms with Gasteiger partial charge in [-0.05, 0) is 63.0 Å². The summed E-state index contributed by atoms with van der Waals surface area (Å²) in [6.45, 7) is 5.42. The predicted octanol–water partition coefficient (Wildman–Crippen LogP) is -1.92. The molecule has 1 fully saturated rings. The fraction of sp³-hybridized carbons (Fsp3) is 0.521. The number of aliphatic hydroxyl groups is 1. The summed E-state index contributed by atoms with van der Waals surface area (Å²) in [6.07, 6.45) is -1.66. The highest BCUT2D eigenvalue weighted by Gasteiger charge is 2.40. The van der Waals surface area contributed by atoms with E-state index in [1.165, 1.54) is 18.7 Å². The number of carbonyl (C=O) groups excluding carboxylic acids is 8. The molecule has 13 N–H and O–H groups in total. The first-order chi connectivity index (χ1) is 34.0. The fourth-order valence-corrected chi connectivity index (χ4v) is 7.63. The van der Waals surface area contributed by atoms with Gasteiger partial charge in [-0.25, -0.2) is 4.79 Å². The van der Waals surface area contributed by atoms with Gasteiger partial charge < -0.3 is 68.3 Å². The second-order valence-electron chi connectivity index (χ2n) is 18.0. The Labute approximate surface area is 416 Å². The van der Waals surface area contributed by atoms with Gasteiger partial charge in [0.05, 0.1) is 6.61 Å². The molecule has 24 nitrogen and oxygen atoms in total. The lowest BCUT2D eigenvalue weighted by Crippen LogP contribution is -2.60. The minimum absolute atomic E-state index is 0.0311. The zero-order valence-corrected chi connectivity index (χ0v) is 40.6. The summed E-state index contributed by atoms with van der Waals surface area (Å²) < 4.78 is 0. The number of benzene rings is 2. The molecular weight excluding hydrogens is 943 g/mol. The van der Waals surface area contributed by atoms with Crippen LogP contribution in [0.15, 0.2) is 60.7 Å². The first kappa shape index (κ1) is 58.8. The van der Waals surface area contributed by atoms with Crippen molar-refractivity contribution in [1.82, 2.24) is 42.1 Å². The summed E-state index contributed by atoms with van der Waals surface area (Å²) in [6, 6.07) is 4.72. The standard InChI is InChI=1S/C48H67N9O15/c1-26(2)22-34(45(68)53-33(18-20-39(61)62)44(67)56-36(48(71)72)24-30-14-9-6-10-15-30)54-46(69)37-16-11-21-57(37)47(70)35(23-29-12-7-5-8-13-29)55-41(64)28(4)51-43(66)32(17-19-38(59)60)52-40(63)27(3)50-42(65)31(49)25-58/h5-10,12-15,26-28,31-37,58H,11,16-25,49H2,1-4H3,(H,50,65)(H,51,66)(H,52,63)(H,53,68)(H,54,69)(H,55,64)(H,56,67)(H,59,60)(H,61,62)(H,71,72). The third-order valence-electron chi connectivity index (χ3n) is 11.6. The van der Waals surface area contributed by atoms with E-state index in [0.717, 1.165) is 0 Å². The van der Waals surface area contributed by atoms with Crippen molar-refractivity contribution in [3.05, 3.63) is 71.8 Å². The number of aliphatic carboxylic acids is 3. The van der Waals surface area contributed by atoms with Crippen LogP contribution in [0.5, 0.6) is 0 Å². The molecule has 8 amide bonds. The quantitative estimate of drug-likeness (QED) is 0.0423. The summed E-state index contributed by atoms with van der Waals surface area (Å²) in [5.41, 5.74) is 6.69. The molecule has 9 atom stereocenters. The second-order valence-corrected chi connectivity index (χ2v) is 18.0. The Morgan fingerprint density at radius 3 is 1.47 bits per heavy atom. The van der Waals surface area contributed by atoms with Crippen LogP contribution in [0.2, 0.25) is 0 Å². The highest BCUT2D eigenvalue weighted by atomic mass is 16.4.